The van der Waals surface area contributed by atoms with Crippen LogP contribution in [-0.2, 0) is 13.3 Å². The Morgan fingerprint density at radius 2 is 1.55 bits per heavy atom. The van der Waals surface area contributed by atoms with Crippen molar-refractivity contribution in [3.63, 3.8) is 0 Å². The molecule has 0 N–H and O–H groups in total. The lowest BCUT2D eigenvalue weighted by molar-refractivity contribution is 0.207. The van der Waals surface area contributed by atoms with Gasteiger partial charge in [0.15, 0.2) is 0 Å². The van der Waals surface area contributed by atoms with E-state index in [9.17, 15) is 4.46 Å². The minimum Gasteiger partial charge on any atom is -0.415 e. The van der Waals surface area contributed by atoms with Crippen molar-refractivity contribution in [2.75, 3.05) is 0 Å². The lowest BCUT2D eigenvalue weighted by atomic mass is 10.9. The van der Waals surface area contributed by atoms with Crippen LogP contribution in [0.2, 0.25) is 57.9 Å². The fraction of sp³-hybridized carbons (Fsp3) is 0.867. The lowest BCUT2D eigenvalue weighted by Crippen LogP contribution is -2.55. The van der Waals surface area contributed by atoms with Gasteiger partial charge < -0.3 is 13.3 Å². The third-order valence-corrected chi connectivity index (χ3v) is 15.4. The number of rotatable bonds is 10. The van der Waals surface area contributed by atoms with Crippen LogP contribution in [0.1, 0.15) is 13.8 Å². The summed E-state index contributed by atoms with van der Waals surface area (Å²) in [5.41, 5.74) is 2.41. The first-order valence-electron chi connectivity index (χ1n) is 8.22. The minimum absolute atomic E-state index is 0.157. The molecule has 0 aliphatic rings. The highest BCUT2D eigenvalue weighted by atomic mass is 28.4. The van der Waals surface area contributed by atoms with Gasteiger partial charge in [0.2, 0.25) is 16.6 Å². The van der Waals surface area contributed by atoms with Gasteiger partial charge in [0, 0.05) is 5.73 Å². The summed E-state index contributed by atoms with van der Waals surface area (Å²) in [5, 5.41) is 0. The smallest absolute Gasteiger partial charge is 0.273 e. The van der Waals surface area contributed by atoms with Gasteiger partial charge in [-0.15, -0.1) is 6.58 Å². The molecule has 0 spiro atoms. The predicted molar refractivity (Wildman–Crippen MR) is 106 cm³/mol. The summed E-state index contributed by atoms with van der Waals surface area (Å²) in [6, 6.07) is 1.94. The highest BCUT2D eigenvalue weighted by Gasteiger charge is 2.40. The van der Waals surface area contributed by atoms with Crippen molar-refractivity contribution in [3.8, 4) is 0 Å². The van der Waals surface area contributed by atoms with E-state index in [0.717, 1.165) is 12.1 Å². The maximum absolute atomic E-state index is 11.4. The third-order valence-electron chi connectivity index (χ3n) is 4.65. The van der Waals surface area contributed by atoms with Gasteiger partial charge in [-0.2, -0.15) is 0 Å². The van der Waals surface area contributed by atoms with Gasteiger partial charge in [-0.05, 0) is 52.6 Å². The van der Waals surface area contributed by atoms with Crippen LogP contribution in [0.4, 0.5) is 0 Å². The molecule has 22 heavy (non-hydrogen) atoms. The summed E-state index contributed by atoms with van der Waals surface area (Å²) < 4.78 is 24.3. The number of hydrogen-bond acceptors (Lipinski definition) is 3. The molecular weight excluding hydrogens is 341 g/mol. The molecule has 7 heteroatoms. The van der Waals surface area contributed by atoms with Crippen molar-refractivity contribution in [1.82, 2.24) is 0 Å². The first-order chi connectivity index (χ1) is 9.73. The van der Waals surface area contributed by atoms with Crippen LogP contribution in [0.5, 0.6) is 0 Å². The van der Waals surface area contributed by atoms with Gasteiger partial charge in [0.05, 0.1) is 13.8 Å². The zero-order valence-corrected chi connectivity index (χ0v) is 20.1. The Kier molecular flexibility index (Phi) is 8.56. The van der Waals surface area contributed by atoms with Crippen molar-refractivity contribution in [1.29, 1.82) is 0 Å². The third kappa shape index (κ3) is 7.74. The fourth-order valence-electron chi connectivity index (χ4n) is 2.06. The van der Waals surface area contributed by atoms with Crippen LogP contribution in [0, 0.1) is 0 Å². The van der Waals surface area contributed by atoms with Crippen LogP contribution < -0.4 is 0 Å². The molecule has 0 fully saturated rings. The molecule has 0 aliphatic carbocycles. The average Bonchev–Trinajstić information content (AvgIpc) is 2.35. The molecule has 0 aromatic carbocycles. The van der Waals surface area contributed by atoms with E-state index in [-0.39, 0.29) is 11.5 Å². The molecule has 130 valence electrons. The molecule has 0 radical (unpaired) electrons. The first kappa shape index (κ1) is 22.3. The van der Waals surface area contributed by atoms with E-state index in [1.165, 1.54) is 0 Å². The predicted octanol–water partition coefficient (Wildman–Crippen LogP) is 4.77. The van der Waals surface area contributed by atoms with Gasteiger partial charge in [-0.3, -0.25) is 0 Å². The summed E-state index contributed by atoms with van der Waals surface area (Å²) in [5.74, 6) is 0. The van der Waals surface area contributed by atoms with Crippen LogP contribution in [0.15, 0.2) is 12.3 Å². The molecule has 2 atom stereocenters. The highest BCUT2D eigenvalue weighted by molar-refractivity contribution is 6.82. The fourth-order valence-corrected chi connectivity index (χ4v) is 12.8. The summed E-state index contributed by atoms with van der Waals surface area (Å²) in [6.45, 7) is 23.6. The van der Waals surface area contributed by atoms with Crippen LogP contribution in [-0.4, -0.2) is 44.8 Å². The quantitative estimate of drug-likeness (QED) is 0.515. The van der Waals surface area contributed by atoms with E-state index in [0.29, 0.717) is 0 Å². The van der Waals surface area contributed by atoms with Crippen molar-refractivity contribution >= 4 is 33.4 Å². The average molecular weight is 377 g/mol. The Morgan fingerprint density at radius 1 is 1.05 bits per heavy atom. The van der Waals surface area contributed by atoms with E-state index < -0.39 is 33.4 Å². The second-order valence-electron chi connectivity index (χ2n) is 8.12. The molecule has 0 heterocycles. The summed E-state index contributed by atoms with van der Waals surface area (Å²) in [4.78, 5) is 0. The van der Waals surface area contributed by atoms with E-state index in [1.807, 2.05) is 12.2 Å². The number of hydrogen-bond donors (Lipinski definition) is 0. The van der Waals surface area contributed by atoms with E-state index in [4.69, 9.17) is 8.85 Å². The molecule has 0 aromatic heterocycles. The maximum Gasteiger partial charge on any atom is 0.273 e. The zero-order valence-electron chi connectivity index (χ0n) is 16.1. The molecule has 3 nitrogen and oxygen atoms in total. The second kappa shape index (κ2) is 8.43. The molecule has 0 rings (SSSR count). The molecule has 0 amide bonds. The van der Waals surface area contributed by atoms with Gasteiger partial charge in [0.1, 0.15) is 0 Å². The van der Waals surface area contributed by atoms with Gasteiger partial charge in [-0.25, -0.2) is 0 Å². The topological polar surface area (TPSA) is 35.5 Å². The van der Waals surface area contributed by atoms with Crippen LogP contribution >= 0.6 is 0 Å². The Balaban J connectivity index is 4.80. The van der Waals surface area contributed by atoms with Crippen LogP contribution in [0.25, 0.3) is 0 Å². The monoisotopic (exact) mass is 376 g/mol. The SMILES string of the molecule is C=C[Si](C)(C)O[C@H](C)[Si](C)(C)OC(C)[Si](C)(C)CC[Si](C)=O. The largest absolute Gasteiger partial charge is 0.415 e. The minimum atomic E-state index is -1.93. The molecule has 0 aromatic rings. The van der Waals surface area contributed by atoms with Gasteiger partial charge in [0.25, 0.3) is 8.68 Å². The second-order valence-corrected chi connectivity index (χ2v) is 23.4. The van der Waals surface area contributed by atoms with Crippen LogP contribution in [0.3, 0.4) is 0 Å². The first-order valence-corrected chi connectivity index (χ1v) is 19.6. The summed E-state index contributed by atoms with van der Waals surface area (Å²) in [7, 11) is -6.61. The Morgan fingerprint density at radius 3 is 1.95 bits per heavy atom. The molecule has 0 aliphatic heterocycles. The lowest BCUT2D eigenvalue weighted by Gasteiger charge is -2.40. The Labute approximate surface area is 142 Å². The van der Waals surface area contributed by atoms with Crippen molar-refractivity contribution in [3.05, 3.63) is 12.3 Å². The van der Waals surface area contributed by atoms with E-state index in [1.54, 1.807) is 0 Å². The van der Waals surface area contributed by atoms with E-state index in [2.05, 4.69) is 59.7 Å². The standard InChI is InChI=1S/C15H36O3Si4/c1-11-21(7,8)17-15(3)22(9,10)18-14(2)20(5,6)13-12-19(4)16/h11,14-15H,1,12-13H2,2-10H3/t14?,15-/m0/s1. The highest BCUT2D eigenvalue weighted by Crippen LogP contribution is 2.26. The normalized spacial score (nSPS) is 16.2. The molecule has 0 saturated carbocycles. The summed E-state index contributed by atoms with van der Waals surface area (Å²) >= 11 is 0. The molecule has 1 unspecified atom stereocenters. The zero-order chi connectivity index (χ0) is 17.8. The van der Waals surface area contributed by atoms with Gasteiger partial charge in [-0.1, -0.05) is 24.8 Å². The molecule has 0 bridgehead atoms. The maximum atomic E-state index is 11.4. The van der Waals surface area contributed by atoms with Gasteiger partial charge >= 0.3 is 0 Å². The van der Waals surface area contributed by atoms with Crippen molar-refractivity contribution in [2.24, 2.45) is 0 Å². The Bertz CT molecular complexity index is 394. The van der Waals surface area contributed by atoms with E-state index >= 15 is 0 Å². The summed E-state index contributed by atoms with van der Waals surface area (Å²) in [6.07, 6.45) is 0. The van der Waals surface area contributed by atoms with Crippen molar-refractivity contribution < 1.29 is 13.3 Å². The molecular formula is C15H36O3Si4. The Hall–Kier alpha value is 0.328. The molecule has 0 saturated heterocycles. The van der Waals surface area contributed by atoms with Crippen molar-refractivity contribution in [2.45, 2.75) is 83.2 Å².